The van der Waals surface area contributed by atoms with E-state index in [9.17, 15) is 9.18 Å². The fraction of sp³-hybridized carbons (Fsp3) is 0.0476. The van der Waals surface area contributed by atoms with Gasteiger partial charge in [-0.1, -0.05) is 12.1 Å². The molecule has 4 aromatic heterocycles. The summed E-state index contributed by atoms with van der Waals surface area (Å²) in [4.78, 5) is 24.6. The molecule has 0 saturated heterocycles. The number of hydrogen-bond acceptors (Lipinski definition) is 4. The van der Waals surface area contributed by atoms with Crippen molar-refractivity contribution in [3.05, 3.63) is 95.3 Å². The molecule has 0 radical (unpaired) electrons. The van der Waals surface area contributed by atoms with E-state index in [-0.39, 0.29) is 17.9 Å². The Bertz CT molecular complexity index is 1390. The first kappa shape index (κ1) is 16.3. The van der Waals surface area contributed by atoms with Gasteiger partial charge in [-0.15, -0.1) is 0 Å². The number of benzene rings is 1. The normalized spacial score (nSPS) is 11.3. The van der Waals surface area contributed by atoms with Crippen LogP contribution in [0.3, 0.4) is 0 Å². The van der Waals surface area contributed by atoms with Crippen LogP contribution < -0.4 is 5.56 Å². The number of fused-ring (bicyclic) bond motifs is 2. The Kier molecular flexibility index (Phi) is 3.72. The van der Waals surface area contributed by atoms with Gasteiger partial charge in [0.15, 0.2) is 0 Å². The smallest absolute Gasteiger partial charge is 0.269 e. The van der Waals surface area contributed by atoms with Crippen LogP contribution in [0.5, 0.6) is 0 Å². The second-order valence-electron chi connectivity index (χ2n) is 6.46. The molecule has 1 aromatic carbocycles. The highest BCUT2D eigenvalue weighted by atomic mass is 19.1. The lowest BCUT2D eigenvalue weighted by atomic mass is 10.0. The number of hydrogen-bond donors (Lipinski definition) is 0. The quantitative estimate of drug-likeness (QED) is 0.488. The molecular weight excluding hydrogens is 357 g/mol. The van der Waals surface area contributed by atoms with E-state index in [1.54, 1.807) is 30.7 Å². The third-order valence-electron chi connectivity index (χ3n) is 4.75. The maximum Gasteiger partial charge on any atom is 0.269 e. The fourth-order valence-corrected chi connectivity index (χ4v) is 3.30. The zero-order chi connectivity index (χ0) is 19.1. The van der Waals surface area contributed by atoms with Crippen molar-refractivity contribution in [1.29, 1.82) is 0 Å². The number of pyridine rings is 2. The zero-order valence-corrected chi connectivity index (χ0v) is 14.7. The molecule has 6 nitrogen and oxygen atoms in total. The summed E-state index contributed by atoms with van der Waals surface area (Å²) in [5.41, 5.74) is 3.83. The first-order valence-electron chi connectivity index (χ1n) is 8.70. The highest BCUT2D eigenvalue weighted by Gasteiger charge is 2.10. The highest BCUT2D eigenvalue weighted by molar-refractivity contribution is 5.73. The van der Waals surface area contributed by atoms with Crippen LogP contribution in [-0.4, -0.2) is 23.9 Å². The second kappa shape index (κ2) is 6.38. The van der Waals surface area contributed by atoms with Crippen molar-refractivity contribution >= 4 is 16.7 Å². The van der Waals surface area contributed by atoms with Crippen LogP contribution in [0, 0.1) is 5.82 Å². The van der Waals surface area contributed by atoms with E-state index in [4.69, 9.17) is 0 Å². The minimum atomic E-state index is -0.367. The van der Waals surface area contributed by atoms with Crippen molar-refractivity contribution in [3.8, 4) is 11.1 Å². The molecular formula is C21H14FN5O. The van der Waals surface area contributed by atoms with Crippen molar-refractivity contribution in [2.45, 2.75) is 6.54 Å². The molecule has 28 heavy (non-hydrogen) atoms. The summed E-state index contributed by atoms with van der Waals surface area (Å²) in [6, 6.07) is 10.6. The van der Waals surface area contributed by atoms with E-state index in [0.29, 0.717) is 16.6 Å². The van der Waals surface area contributed by atoms with E-state index in [1.807, 2.05) is 35.0 Å². The average molecular weight is 371 g/mol. The van der Waals surface area contributed by atoms with Crippen LogP contribution >= 0.6 is 0 Å². The van der Waals surface area contributed by atoms with Crippen LogP contribution in [0.4, 0.5) is 4.39 Å². The van der Waals surface area contributed by atoms with E-state index in [2.05, 4.69) is 15.0 Å². The van der Waals surface area contributed by atoms with Crippen LogP contribution in [0.1, 0.15) is 5.56 Å². The molecule has 0 saturated carbocycles. The minimum Gasteiger partial charge on any atom is -0.306 e. The fourth-order valence-electron chi connectivity index (χ4n) is 3.30. The van der Waals surface area contributed by atoms with E-state index < -0.39 is 0 Å². The molecule has 5 rings (SSSR count). The maximum absolute atomic E-state index is 14.8. The van der Waals surface area contributed by atoms with Crippen LogP contribution in [-0.2, 0) is 6.54 Å². The first-order valence-corrected chi connectivity index (χ1v) is 8.70. The monoisotopic (exact) mass is 371 g/mol. The Balaban J connectivity index is 1.54. The lowest BCUT2D eigenvalue weighted by molar-refractivity contribution is 0.599. The number of rotatable bonds is 3. The second-order valence-corrected chi connectivity index (χ2v) is 6.46. The Morgan fingerprint density at radius 3 is 2.75 bits per heavy atom. The molecule has 0 aliphatic rings. The van der Waals surface area contributed by atoms with Gasteiger partial charge < -0.3 is 8.97 Å². The van der Waals surface area contributed by atoms with Crippen molar-refractivity contribution in [2.75, 3.05) is 0 Å². The van der Waals surface area contributed by atoms with Gasteiger partial charge in [0, 0.05) is 30.4 Å². The average Bonchev–Trinajstić information content (AvgIpc) is 3.19. The largest absolute Gasteiger partial charge is 0.306 e. The summed E-state index contributed by atoms with van der Waals surface area (Å²) in [6.45, 7) is 0.120. The van der Waals surface area contributed by atoms with Crippen molar-refractivity contribution in [3.63, 3.8) is 0 Å². The van der Waals surface area contributed by atoms with E-state index in [0.717, 1.165) is 16.8 Å². The Hall–Kier alpha value is -3.87. The Labute approximate surface area is 158 Å². The van der Waals surface area contributed by atoms with Gasteiger partial charge in [-0.05, 0) is 35.4 Å². The molecule has 0 N–H and O–H groups in total. The lowest BCUT2D eigenvalue weighted by Crippen LogP contribution is -2.21. The van der Waals surface area contributed by atoms with Crippen LogP contribution in [0.2, 0.25) is 0 Å². The SMILES string of the molecule is O=c1cnc2cnccc2n1Cc1ccc(-c2ccc3nccn3c2)cc1F. The van der Waals surface area contributed by atoms with Gasteiger partial charge >= 0.3 is 0 Å². The predicted octanol–water partition coefficient (Wildman–Crippen LogP) is 3.29. The molecule has 0 bridgehead atoms. The van der Waals surface area contributed by atoms with Gasteiger partial charge in [-0.3, -0.25) is 9.78 Å². The molecule has 0 amide bonds. The van der Waals surface area contributed by atoms with E-state index >= 15 is 0 Å². The molecule has 4 heterocycles. The van der Waals surface area contributed by atoms with Gasteiger partial charge in [0.1, 0.15) is 17.0 Å². The summed E-state index contributed by atoms with van der Waals surface area (Å²) in [5, 5.41) is 0. The van der Waals surface area contributed by atoms with Crippen LogP contribution in [0.15, 0.2) is 78.4 Å². The van der Waals surface area contributed by atoms with Gasteiger partial charge in [0.25, 0.3) is 5.56 Å². The number of aromatic nitrogens is 5. The third kappa shape index (κ3) is 2.73. The topological polar surface area (TPSA) is 65.1 Å². The van der Waals surface area contributed by atoms with Gasteiger partial charge in [-0.25, -0.2) is 14.4 Å². The molecule has 0 unspecified atom stereocenters. The summed E-state index contributed by atoms with van der Waals surface area (Å²) in [6.07, 6.45) is 9.87. The molecule has 0 spiro atoms. The Morgan fingerprint density at radius 2 is 1.86 bits per heavy atom. The summed E-state index contributed by atoms with van der Waals surface area (Å²) >= 11 is 0. The summed E-state index contributed by atoms with van der Waals surface area (Å²) in [5.74, 6) is -0.367. The first-order chi connectivity index (χ1) is 13.7. The number of imidazole rings is 1. The van der Waals surface area contributed by atoms with Crippen LogP contribution in [0.25, 0.3) is 27.8 Å². The minimum absolute atomic E-state index is 0.120. The van der Waals surface area contributed by atoms with Gasteiger partial charge in [0.05, 0.1) is 24.5 Å². The van der Waals surface area contributed by atoms with Crippen molar-refractivity contribution in [1.82, 2.24) is 23.9 Å². The summed E-state index contributed by atoms with van der Waals surface area (Å²) in [7, 11) is 0. The lowest BCUT2D eigenvalue weighted by Gasteiger charge is -2.11. The molecule has 0 aliphatic carbocycles. The van der Waals surface area contributed by atoms with E-state index in [1.165, 1.54) is 16.8 Å². The highest BCUT2D eigenvalue weighted by Crippen LogP contribution is 2.23. The van der Waals surface area contributed by atoms with Crippen molar-refractivity contribution in [2.24, 2.45) is 0 Å². The zero-order valence-electron chi connectivity index (χ0n) is 14.7. The Morgan fingerprint density at radius 1 is 0.964 bits per heavy atom. The molecule has 0 aliphatic heterocycles. The third-order valence-corrected chi connectivity index (χ3v) is 4.75. The van der Waals surface area contributed by atoms with Gasteiger partial charge in [-0.2, -0.15) is 0 Å². The molecule has 5 aromatic rings. The van der Waals surface area contributed by atoms with Gasteiger partial charge in [0.2, 0.25) is 0 Å². The molecule has 0 fully saturated rings. The van der Waals surface area contributed by atoms with Crippen molar-refractivity contribution < 1.29 is 4.39 Å². The molecule has 7 heteroatoms. The standard InChI is InChI=1S/C21H14FN5O/c22-17-9-14(15-3-4-20-24-7-8-26(20)12-15)1-2-16(17)13-27-19-5-6-23-10-18(19)25-11-21(27)28/h1-12H,13H2. The predicted molar refractivity (Wildman–Crippen MR) is 103 cm³/mol. The molecule has 0 atom stereocenters. The maximum atomic E-state index is 14.8. The summed E-state index contributed by atoms with van der Waals surface area (Å²) < 4.78 is 18.2. The molecule has 136 valence electrons. The number of nitrogens with zero attached hydrogens (tertiary/aromatic N) is 5. The number of halogens is 1.